The monoisotopic (exact) mass is 278 g/mol. The lowest BCUT2D eigenvalue weighted by Gasteiger charge is -2.17. The van der Waals surface area contributed by atoms with E-state index in [4.69, 9.17) is 11.6 Å². The van der Waals surface area contributed by atoms with Crippen LogP contribution in [0.5, 0.6) is 0 Å². The fraction of sp³-hybridized carbons (Fsp3) is 0.308. The predicted octanol–water partition coefficient (Wildman–Crippen LogP) is 2.35. The average Bonchev–Trinajstić information content (AvgIpc) is 2.82. The number of aryl methyl sites for hydroxylation is 1. The van der Waals surface area contributed by atoms with Crippen LogP contribution in [0.4, 0.5) is 0 Å². The zero-order valence-electron chi connectivity index (χ0n) is 10.8. The second kappa shape index (κ2) is 5.84. The maximum atomic E-state index is 12.2. The molecule has 0 aliphatic heterocycles. The van der Waals surface area contributed by atoms with Gasteiger partial charge in [0.05, 0.1) is 22.3 Å². The molecule has 2 heterocycles. The van der Waals surface area contributed by atoms with Gasteiger partial charge in [-0.1, -0.05) is 18.5 Å². The molecule has 0 aliphatic rings. The Bertz CT molecular complexity index is 582. The molecule has 1 N–H and O–H groups in total. The molecule has 1 atom stereocenters. The lowest BCUT2D eigenvalue weighted by Crippen LogP contribution is -2.29. The van der Waals surface area contributed by atoms with Gasteiger partial charge in [-0.2, -0.15) is 5.10 Å². The number of rotatable bonds is 4. The molecule has 19 heavy (non-hydrogen) atoms. The smallest absolute Gasteiger partial charge is 0.253 e. The maximum absolute atomic E-state index is 12.2. The lowest BCUT2D eigenvalue weighted by atomic mass is 10.1. The molecular weight excluding hydrogens is 264 g/mol. The molecule has 1 amide bonds. The predicted molar refractivity (Wildman–Crippen MR) is 73.0 cm³/mol. The maximum Gasteiger partial charge on any atom is 0.253 e. The van der Waals surface area contributed by atoms with Gasteiger partial charge in [-0.3, -0.25) is 14.5 Å². The number of halogens is 1. The molecule has 0 aromatic carbocycles. The Morgan fingerprint density at radius 3 is 2.84 bits per heavy atom. The van der Waals surface area contributed by atoms with Gasteiger partial charge in [0, 0.05) is 25.6 Å². The van der Waals surface area contributed by atoms with E-state index < -0.39 is 0 Å². The van der Waals surface area contributed by atoms with E-state index in [0.717, 1.165) is 12.1 Å². The zero-order valence-corrected chi connectivity index (χ0v) is 11.6. The molecule has 0 aliphatic carbocycles. The van der Waals surface area contributed by atoms with Crippen molar-refractivity contribution in [3.05, 3.63) is 47.0 Å². The summed E-state index contributed by atoms with van der Waals surface area (Å²) in [6, 6.07) is 3.40. The molecule has 0 saturated carbocycles. The van der Waals surface area contributed by atoms with Crippen molar-refractivity contribution >= 4 is 17.5 Å². The summed E-state index contributed by atoms with van der Waals surface area (Å²) in [5.74, 6) is -0.208. The fourth-order valence-electron chi connectivity index (χ4n) is 1.91. The van der Waals surface area contributed by atoms with Gasteiger partial charge in [0.2, 0.25) is 0 Å². The van der Waals surface area contributed by atoms with Crippen LogP contribution < -0.4 is 5.32 Å². The molecule has 100 valence electrons. The molecule has 2 aromatic rings. The van der Waals surface area contributed by atoms with Crippen molar-refractivity contribution in [2.24, 2.45) is 7.05 Å². The van der Waals surface area contributed by atoms with Crippen LogP contribution in [0, 0.1) is 0 Å². The molecule has 5 nitrogen and oxygen atoms in total. The minimum atomic E-state index is -0.208. The summed E-state index contributed by atoms with van der Waals surface area (Å²) in [7, 11) is 1.85. The summed E-state index contributed by atoms with van der Waals surface area (Å²) in [6.45, 7) is 2.01. The standard InChI is InChI=1S/C13H15ClN4O/c1-3-11(12-5-7-16-18(12)2)17-13(19)9-4-6-15-8-10(9)14/h4-8,11H,3H2,1-2H3,(H,17,19). The normalized spacial score (nSPS) is 12.2. The Kier molecular flexibility index (Phi) is 4.16. The molecule has 0 bridgehead atoms. The van der Waals surface area contributed by atoms with Crippen LogP contribution in [-0.4, -0.2) is 20.7 Å². The van der Waals surface area contributed by atoms with Crippen LogP contribution >= 0.6 is 11.6 Å². The van der Waals surface area contributed by atoms with E-state index in [0.29, 0.717) is 10.6 Å². The minimum Gasteiger partial charge on any atom is -0.344 e. The Morgan fingerprint density at radius 2 is 2.26 bits per heavy atom. The van der Waals surface area contributed by atoms with Crippen LogP contribution in [0.3, 0.4) is 0 Å². The first kappa shape index (κ1) is 13.5. The topological polar surface area (TPSA) is 59.8 Å². The molecule has 6 heteroatoms. The van der Waals surface area contributed by atoms with Crippen LogP contribution in [-0.2, 0) is 7.05 Å². The third-order valence-corrected chi connectivity index (χ3v) is 3.25. The van der Waals surface area contributed by atoms with E-state index in [1.165, 1.54) is 6.20 Å². The number of nitrogens with zero attached hydrogens (tertiary/aromatic N) is 3. The Labute approximate surface area is 116 Å². The van der Waals surface area contributed by atoms with Gasteiger partial charge in [-0.05, 0) is 18.6 Å². The molecular formula is C13H15ClN4O. The van der Waals surface area contributed by atoms with E-state index in [9.17, 15) is 4.79 Å². The van der Waals surface area contributed by atoms with Crippen LogP contribution in [0.25, 0.3) is 0 Å². The molecule has 0 fully saturated rings. The van der Waals surface area contributed by atoms with E-state index in [2.05, 4.69) is 15.4 Å². The number of hydrogen-bond acceptors (Lipinski definition) is 3. The van der Waals surface area contributed by atoms with Crippen molar-refractivity contribution < 1.29 is 4.79 Å². The van der Waals surface area contributed by atoms with Gasteiger partial charge in [-0.15, -0.1) is 0 Å². The second-order valence-corrected chi connectivity index (χ2v) is 4.58. The molecule has 0 radical (unpaired) electrons. The number of nitrogens with one attached hydrogen (secondary N) is 1. The van der Waals surface area contributed by atoms with Crippen LogP contribution in [0.1, 0.15) is 35.4 Å². The lowest BCUT2D eigenvalue weighted by molar-refractivity contribution is 0.0934. The Morgan fingerprint density at radius 1 is 1.47 bits per heavy atom. The summed E-state index contributed by atoms with van der Waals surface area (Å²) in [6.07, 6.45) is 5.49. The molecule has 0 spiro atoms. The first-order valence-corrected chi connectivity index (χ1v) is 6.39. The number of hydrogen-bond donors (Lipinski definition) is 1. The largest absolute Gasteiger partial charge is 0.344 e. The van der Waals surface area contributed by atoms with Gasteiger partial charge in [0.25, 0.3) is 5.91 Å². The van der Waals surface area contributed by atoms with Gasteiger partial charge in [0.1, 0.15) is 0 Å². The summed E-state index contributed by atoms with van der Waals surface area (Å²) >= 11 is 5.96. The number of amides is 1. The molecule has 1 unspecified atom stereocenters. The van der Waals surface area contributed by atoms with Crippen molar-refractivity contribution in [3.8, 4) is 0 Å². The van der Waals surface area contributed by atoms with Gasteiger partial charge < -0.3 is 5.32 Å². The highest BCUT2D eigenvalue weighted by atomic mass is 35.5. The van der Waals surface area contributed by atoms with Crippen molar-refractivity contribution in [1.29, 1.82) is 0 Å². The zero-order chi connectivity index (χ0) is 13.8. The van der Waals surface area contributed by atoms with E-state index in [1.54, 1.807) is 23.1 Å². The molecule has 0 saturated heterocycles. The highest BCUT2D eigenvalue weighted by Gasteiger charge is 2.18. The molecule has 2 aromatic heterocycles. The summed E-state index contributed by atoms with van der Waals surface area (Å²) in [5, 5.41) is 7.41. The van der Waals surface area contributed by atoms with Gasteiger partial charge in [0.15, 0.2) is 0 Å². The van der Waals surface area contributed by atoms with E-state index in [1.807, 2.05) is 20.0 Å². The number of pyridine rings is 1. The highest BCUT2D eigenvalue weighted by Crippen LogP contribution is 2.18. The number of carbonyl (C=O) groups is 1. The third kappa shape index (κ3) is 2.93. The van der Waals surface area contributed by atoms with Crippen molar-refractivity contribution in [3.63, 3.8) is 0 Å². The van der Waals surface area contributed by atoms with Gasteiger partial charge in [-0.25, -0.2) is 0 Å². The quantitative estimate of drug-likeness (QED) is 0.934. The van der Waals surface area contributed by atoms with Crippen LogP contribution in [0.2, 0.25) is 5.02 Å². The van der Waals surface area contributed by atoms with Gasteiger partial charge >= 0.3 is 0 Å². The van der Waals surface area contributed by atoms with Crippen molar-refractivity contribution in [2.75, 3.05) is 0 Å². The van der Waals surface area contributed by atoms with Crippen molar-refractivity contribution in [2.45, 2.75) is 19.4 Å². The summed E-state index contributed by atoms with van der Waals surface area (Å²) < 4.78 is 1.75. The first-order chi connectivity index (χ1) is 9.13. The number of carbonyl (C=O) groups excluding carboxylic acids is 1. The number of aromatic nitrogens is 3. The Balaban J connectivity index is 2.18. The Hall–Kier alpha value is -1.88. The highest BCUT2D eigenvalue weighted by molar-refractivity contribution is 6.33. The van der Waals surface area contributed by atoms with Crippen LogP contribution in [0.15, 0.2) is 30.7 Å². The first-order valence-electron chi connectivity index (χ1n) is 6.01. The summed E-state index contributed by atoms with van der Waals surface area (Å²) in [4.78, 5) is 16.1. The second-order valence-electron chi connectivity index (χ2n) is 4.17. The van der Waals surface area contributed by atoms with E-state index in [-0.39, 0.29) is 11.9 Å². The minimum absolute atomic E-state index is 0.0933. The fourth-order valence-corrected chi connectivity index (χ4v) is 2.11. The average molecular weight is 279 g/mol. The van der Waals surface area contributed by atoms with Crippen molar-refractivity contribution in [1.82, 2.24) is 20.1 Å². The SMILES string of the molecule is CCC(NC(=O)c1ccncc1Cl)c1ccnn1C. The summed E-state index contributed by atoms with van der Waals surface area (Å²) in [5.41, 5.74) is 1.39. The van der Waals surface area contributed by atoms with E-state index >= 15 is 0 Å². The molecule has 2 rings (SSSR count). The third-order valence-electron chi connectivity index (χ3n) is 2.95.